The Morgan fingerprint density at radius 3 is 2.22 bits per heavy atom. The van der Waals surface area contributed by atoms with E-state index in [9.17, 15) is 9.59 Å². The molecule has 0 radical (unpaired) electrons. The number of nitrogens with one attached hydrogen (secondary N) is 2. The van der Waals surface area contributed by atoms with Crippen molar-refractivity contribution in [2.75, 3.05) is 6.54 Å². The Balaban J connectivity index is 2.69. The second-order valence-corrected chi connectivity index (χ2v) is 4.04. The van der Waals surface area contributed by atoms with Crippen molar-refractivity contribution in [3.63, 3.8) is 0 Å². The third kappa shape index (κ3) is 4.57. The highest BCUT2D eigenvalue weighted by atomic mass is 16.2. The Morgan fingerprint density at radius 1 is 1.06 bits per heavy atom. The van der Waals surface area contributed by atoms with Crippen LogP contribution in [0.15, 0.2) is 30.3 Å². The molecule has 0 aliphatic rings. The SMILES string of the molecule is CCC(=O)NC[C@@H](NC(=O)CC)c1ccccc1. The minimum atomic E-state index is -0.172. The molecular formula is C14H20N2O2. The lowest BCUT2D eigenvalue weighted by atomic mass is 10.1. The third-order valence-corrected chi connectivity index (χ3v) is 2.68. The summed E-state index contributed by atoms with van der Waals surface area (Å²) in [6.07, 6.45) is 0.883. The molecule has 98 valence electrons. The molecule has 0 saturated carbocycles. The minimum absolute atomic E-state index is 0.0123. The molecule has 1 aromatic carbocycles. The van der Waals surface area contributed by atoms with Crippen LogP contribution in [0.2, 0.25) is 0 Å². The van der Waals surface area contributed by atoms with Crippen LogP contribution < -0.4 is 10.6 Å². The summed E-state index contributed by atoms with van der Waals surface area (Å²) in [7, 11) is 0. The largest absolute Gasteiger partial charge is 0.354 e. The molecule has 2 N–H and O–H groups in total. The highest BCUT2D eigenvalue weighted by Crippen LogP contribution is 2.11. The van der Waals surface area contributed by atoms with Gasteiger partial charge in [-0.2, -0.15) is 0 Å². The molecule has 0 spiro atoms. The average Bonchev–Trinajstić information content (AvgIpc) is 2.43. The van der Waals surface area contributed by atoms with Crippen molar-refractivity contribution in [2.45, 2.75) is 32.7 Å². The van der Waals surface area contributed by atoms with Crippen molar-refractivity contribution in [3.05, 3.63) is 35.9 Å². The van der Waals surface area contributed by atoms with Gasteiger partial charge in [0.2, 0.25) is 11.8 Å². The number of amides is 2. The molecule has 18 heavy (non-hydrogen) atoms. The van der Waals surface area contributed by atoms with Crippen LogP contribution in [0.3, 0.4) is 0 Å². The predicted octanol–water partition coefficient (Wildman–Crippen LogP) is 1.78. The molecule has 0 unspecified atom stereocenters. The van der Waals surface area contributed by atoms with Gasteiger partial charge in [-0.25, -0.2) is 0 Å². The van der Waals surface area contributed by atoms with Crippen LogP contribution in [-0.2, 0) is 9.59 Å². The second-order valence-electron chi connectivity index (χ2n) is 4.04. The fourth-order valence-corrected chi connectivity index (χ4v) is 1.57. The Kier molecular flexibility index (Phi) is 5.91. The molecule has 2 amide bonds. The average molecular weight is 248 g/mol. The topological polar surface area (TPSA) is 58.2 Å². The Bertz CT molecular complexity index is 390. The van der Waals surface area contributed by atoms with Gasteiger partial charge in [-0.05, 0) is 5.56 Å². The maximum absolute atomic E-state index is 11.5. The lowest BCUT2D eigenvalue weighted by Crippen LogP contribution is -2.37. The van der Waals surface area contributed by atoms with Crippen molar-refractivity contribution in [2.24, 2.45) is 0 Å². The van der Waals surface area contributed by atoms with E-state index in [1.54, 1.807) is 6.92 Å². The van der Waals surface area contributed by atoms with Crippen molar-refractivity contribution in [1.29, 1.82) is 0 Å². The number of carbonyl (C=O) groups excluding carboxylic acids is 2. The molecule has 0 aliphatic carbocycles. The second kappa shape index (κ2) is 7.48. The number of benzene rings is 1. The molecular weight excluding hydrogens is 228 g/mol. The summed E-state index contributed by atoms with van der Waals surface area (Å²) < 4.78 is 0. The number of carbonyl (C=O) groups is 2. The summed E-state index contributed by atoms with van der Waals surface area (Å²) in [5, 5.41) is 5.72. The highest BCUT2D eigenvalue weighted by molar-refractivity contribution is 5.77. The van der Waals surface area contributed by atoms with Crippen LogP contribution in [-0.4, -0.2) is 18.4 Å². The van der Waals surface area contributed by atoms with Gasteiger partial charge in [-0.3, -0.25) is 9.59 Å². The fourth-order valence-electron chi connectivity index (χ4n) is 1.57. The van der Waals surface area contributed by atoms with Crippen LogP contribution in [0.5, 0.6) is 0 Å². The molecule has 1 rings (SSSR count). The Morgan fingerprint density at radius 2 is 1.67 bits per heavy atom. The zero-order valence-corrected chi connectivity index (χ0v) is 10.9. The molecule has 4 nitrogen and oxygen atoms in total. The molecule has 0 fully saturated rings. The van der Waals surface area contributed by atoms with E-state index in [-0.39, 0.29) is 17.9 Å². The molecule has 4 heteroatoms. The number of rotatable bonds is 6. The first-order chi connectivity index (χ1) is 8.67. The van der Waals surface area contributed by atoms with Gasteiger partial charge >= 0.3 is 0 Å². The quantitative estimate of drug-likeness (QED) is 0.806. The predicted molar refractivity (Wildman–Crippen MR) is 70.9 cm³/mol. The van der Waals surface area contributed by atoms with Crippen LogP contribution in [0.25, 0.3) is 0 Å². The smallest absolute Gasteiger partial charge is 0.220 e. The van der Waals surface area contributed by atoms with Crippen LogP contribution in [0.1, 0.15) is 38.3 Å². The minimum Gasteiger partial charge on any atom is -0.354 e. The highest BCUT2D eigenvalue weighted by Gasteiger charge is 2.14. The van der Waals surface area contributed by atoms with Gasteiger partial charge in [-0.1, -0.05) is 44.2 Å². The number of hydrogen-bond acceptors (Lipinski definition) is 2. The summed E-state index contributed by atoms with van der Waals surface area (Å²) >= 11 is 0. The van der Waals surface area contributed by atoms with Crippen molar-refractivity contribution >= 4 is 11.8 Å². The fraction of sp³-hybridized carbons (Fsp3) is 0.429. The van der Waals surface area contributed by atoms with Crippen molar-refractivity contribution in [3.8, 4) is 0 Å². The van der Waals surface area contributed by atoms with E-state index in [0.29, 0.717) is 19.4 Å². The molecule has 1 aromatic rings. The van der Waals surface area contributed by atoms with E-state index in [2.05, 4.69) is 10.6 Å². The van der Waals surface area contributed by atoms with E-state index in [0.717, 1.165) is 5.56 Å². The molecule has 0 heterocycles. The monoisotopic (exact) mass is 248 g/mol. The van der Waals surface area contributed by atoms with E-state index < -0.39 is 0 Å². The van der Waals surface area contributed by atoms with Gasteiger partial charge in [0.1, 0.15) is 0 Å². The zero-order chi connectivity index (χ0) is 13.4. The van der Waals surface area contributed by atoms with Gasteiger partial charge in [0, 0.05) is 19.4 Å². The standard InChI is InChI=1S/C14H20N2O2/c1-3-13(17)15-10-12(16-14(18)4-2)11-8-6-5-7-9-11/h5-9,12H,3-4,10H2,1-2H3,(H,15,17)(H,16,18)/t12-/m1/s1. The molecule has 0 aromatic heterocycles. The molecule has 0 bridgehead atoms. The molecule has 1 atom stereocenters. The van der Waals surface area contributed by atoms with Crippen LogP contribution in [0.4, 0.5) is 0 Å². The van der Waals surface area contributed by atoms with Crippen molar-refractivity contribution in [1.82, 2.24) is 10.6 Å². The van der Waals surface area contributed by atoms with Crippen molar-refractivity contribution < 1.29 is 9.59 Å². The Hall–Kier alpha value is -1.84. The first kappa shape index (κ1) is 14.2. The summed E-state index contributed by atoms with van der Waals surface area (Å²) in [6.45, 7) is 4.03. The van der Waals surface area contributed by atoms with Gasteiger partial charge in [0.25, 0.3) is 0 Å². The molecule has 0 saturated heterocycles. The first-order valence-electron chi connectivity index (χ1n) is 6.28. The maximum Gasteiger partial charge on any atom is 0.220 e. The zero-order valence-electron chi connectivity index (χ0n) is 10.9. The summed E-state index contributed by atoms with van der Waals surface area (Å²) in [4.78, 5) is 22.8. The summed E-state index contributed by atoms with van der Waals surface area (Å²) in [5.74, 6) is -0.0312. The summed E-state index contributed by atoms with van der Waals surface area (Å²) in [5.41, 5.74) is 0.996. The van der Waals surface area contributed by atoms with E-state index in [1.165, 1.54) is 0 Å². The lowest BCUT2D eigenvalue weighted by molar-refractivity contribution is -0.123. The maximum atomic E-state index is 11.5. The van der Waals surface area contributed by atoms with Gasteiger partial charge in [-0.15, -0.1) is 0 Å². The van der Waals surface area contributed by atoms with Crippen LogP contribution in [0, 0.1) is 0 Å². The lowest BCUT2D eigenvalue weighted by Gasteiger charge is -2.19. The molecule has 0 aliphatic heterocycles. The van der Waals surface area contributed by atoms with Gasteiger partial charge in [0.15, 0.2) is 0 Å². The van der Waals surface area contributed by atoms with Crippen LogP contribution >= 0.6 is 0 Å². The first-order valence-corrected chi connectivity index (χ1v) is 6.28. The Labute approximate surface area is 108 Å². The van der Waals surface area contributed by atoms with E-state index >= 15 is 0 Å². The van der Waals surface area contributed by atoms with E-state index in [4.69, 9.17) is 0 Å². The van der Waals surface area contributed by atoms with Gasteiger partial charge in [0.05, 0.1) is 6.04 Å². The number of hydrogen-bond donors (Lipinski definition) is 2. The third-order valence-electron chi connectivity index (χ3n) is 2.68. The van der Waals surface area contributed by atoms with Gasteiger partial charge < -0.3 is 10.6 Å². The summed E-state index contributed by atoms with van der Waals surface area (Å²) in [6, 6.07) is 9.48. The van der Waals surface area contributed by atoms with E-state index in [1.807, 2.05) is 37.3 Å². The normalized spacial score (nSPS) is 11.7.